The summed E-state index contributed by atoms with van der Waals surface area (Å²) in [7, 11) is 0. The molecule has 0 spiro atoms. The van der Waals surface area contributed by atoms with Gasteiger partial charge in [-0.15, -0.1) is 0 Å². The Balaban J connectivity index is 2.72. The molecule has 0 aromatic heterocycles. The van der Waals surface area contributed by atoms with E-state index in [-0.39, 0.29) is 5.41 Å². The van der Waals surface area contributed by atoms with Gasteiger partial charge in [-0.25, -0.2) is 0 Å². The highest BCUT2D eigenvalue weighted by molar-refractivity contribution is 5.43. The molecule has 0 bridgehead atoms. The van der Waals surface area contributed by atoms with Crippen molar-refractivity contribution in [3.63, 3.8) is 0 Å². The summed E-state index contributed by atoms with van der Waals surface area (Å²) in [5.74, 6) is 0.939. The average Bonchev–Trinajstić information content (AvgIpc) is 2.33. The maximum Gasteiger partial charge on any atom is 0.125 e. The highest BCUT2D eigenvalue weighted by Crippen LogP contribution is 2.26. The number of ether oxygens (including phenoxy) is 1. The molecule has 2 N–H and O–H groups in total. The van der Waals surface area contributed by atoms with Crippen molar-refractivity contribution in [2.24, 2.45) is 11.1 Å². The van der Waals surface area contributed by atoms with Crippen LogP contribution in [0.4, 0.5) is 0 Å². The molecule has 0 saturated heterocycles. The van der Waals surface area contributed by atoms with Crippen LogP contribution < -0.4 is 10.5 Å². The lowest BCUT2D eigenvalue weighted by Gasteiger charge is -2.18. The Morgan fingerprint density at radius 3 is 2.32 bits per heavy atom. The molecule has 0 aliphatic carbocycles. The summed E-state index contributed by atoms with van der Waals surface area (Å²) in [6, 6.07) is 6.55. The Labute approximate surface area is 116 Å². The maximum absolute atomic E-state index is 8.98. The largest absolute Gasteiger partial charge is 0.493 e. The monoisotopic (exact) mass is 260 g/mol. The molecule has 3 nitrogen and oxygen atoms in total. The van der Waals surface area contributed by atoms with Gasteiger partial charge in [0.05, 0.1) is 18.1 Å². The fraction of sp³-hybridized carbons (Fsp3) is 0.562. The smallest absolute Gasteiger partial charge is 0.125 e. The summed E-state index contributed by atoms with van der Waals surface area (Å²) in [4.78, 5) is 0. The van der Waals surface area contributed by atoms with Crippen LogP contribution in [0.5, 0.6) is 5.75 Å². The molecule has 0 aliphatic rings. The standard InChI is InChI=1S/C16H24N2O/c1-12-9-14(5-7-17)10-13(2)15(12)19-8-6-16(3,4)11-18/h9-10H,5-8,17H2,1-4H3. The van der Waals surface area contributed by atoms with E-state index >= 15 is 0 Å². The van der Waals surface area contributed by atoms with Crippen LogP contribution in [0.3, 0.4) is 0 Å². The van der Waals surface area contributed by atoms with Crippen molar-refractivity contribution >= 4 is 0 Å². The van der Waals surface area contributed by atoms with Crippen molar-refractivity contribution in [2.45, 2.75) is 40.5 Å². The van der Waals surface area contributed by atoms with Crippen LogP contribution in [0.25, 0.3) is 0 Å². The zero-order valence-electron chi connectivity index (χ0n) is 12.4. The molecule has 19 heavy (non-hydrogen) atoms. The van der Waals surface area contributed by atoms with Gasteiger partial charge in [0.2, 0.25) is 0 Å². The highest BCUT2D eigenvalue weighted by Gasteiger charge is 2.17. The molecule has 0 aliphatic heterocycles. The minimum absolute atomic E-state index is 0.332. The van der Waals surface area contributed by atoms with Gasteiger partial charge in [-0.2, -0.15) is 5.26 Å². The summed E-state index contributed by atoms with van der Waals surface area (Å²) >= 11 is 0. The summed E-state index contributed by atoms with van der Waals surface area (Å²) in [5, 5.41) is 8.98. The fourth-order valence-corrected chi connectivity index (χ4v) is 2.04. The first-order valence-electron chi connectivity index (χ1n) is 6.74. The van der Waals surface area contributed by atoms with E-state index in [1.54, 1.807) is 0 Å². The minimum Gasteiger partial charge on any atom is -0.493 e. The van der Waals surface area contributed by atoms with Gasteiger partial charge in [-0.3, -0.25) is 0 Å². The second-order valence-corrected chi connectivity index (χ2v) is 5.69. The molecule has 0 fully saturated rings. The second-order valence-electron chi connectivity index (χ2n) is 5.69. The van der Waals surface area contributed by atoms with Gasteiger partial charge in [0, 0.05) is 0 Å². The van der Waals surface area contributed by atoms with Gasteiger partial charge in [0.15, 0.2) is 0 Å². The molecule has 0 amide bonds. The number of benzene rings is 1. The van der Waals surface area contributed by atoms with Crippen LogP contribution >= 0.6 is 0 Å². The lowest BCUT2D eigenvalue weighted by Crippen LogP contribution is -2.14. The van der Waals surface area contributed by atoms with E-state index in [4.69, 9.17) is 15.7 Å². The van der Waals surface area contributed by atoms with Gasteiger partial charge in [-0.1, -0.05) is 12.1 Å². The van der Waals surface area contributed by atoms with Crippen molar-refractivity contribution < 1.29 is 4.74 Å². The molecule has 0 saturated carbocycles. The summed E-state index contributed by atoms with van der Waals surface area (Å²) in [6.07, 6.45) is 1.62. The van der Waals surface area contributed by atoms with E-state index in [1.807, 2.05) is 13.8 Å². The molecule has 0 atom stereocenters. The number of nitrogens with zero attached hydrogens (tertiary/aromatic N) is 1. The number of nitrogens with two attached hydrogens (primary N) is 1. The number of aryl methyl sites for hydroxylation is 2. The zero-order chi connectivity index (χ0) is 14.5. The molecular formula is C16H24N2O. The van der Waals surface area contributed by atoms with Crippen molar-refractivity contribution in [2.75, 3.05) is 13.2 Å². The fourth-order valence-electron chi connectivity index (χ4n) is 2.04. The molecule has 1 aromatic rings. The Morgan fingerprint density at radius 2 is 1.84 bits per heavy atom. The SMILES string of the molecule is Cc1cc(CCN)cc(C)c1OCCC(C)(C)C#N. The van der Waals surface area contributed by atoms with E-state index in [1.165, 1.54) is 5.56 Å². The Bertz CT molecular complexity index is 449. The molecular weight excluding hydrogens is 236 g/mol. The van der Waals surface area contributed by atoms with Gasteiger partial charge in [-0.05, 0) is 63.8 Å². The Hall–Kier alpha value is -1.53. The van der Waals surface area contributed by atoms with E-state index in [0.29, 0.717) is 13.2 Å². The third kappa shape index (κ3) is 4.57. The molecule has 0 heterocycles. The average molecular weight is 260 g/mol. The lowest BCUT2D eigenvalue weighted by molar-refractivity contribution is 0.261. The lowest BCUT2D eigenvalue weighted by atomic mass is 9.92. The molecule has 3 heteroatoms. The van der Waals surface area contributed by atoms with Crippen LogP contribution in [0.2, 0.25) is 0 Å². The maximum atomic E-state index is 8.98. The first-order valence-corrected chi connectivity index (χ1v) is 6.74. The number of hydrogen-bond donors (Lipinski definition) is 1. The van der Waals surface area contributed by atoms with E-state index in [9.17, 15) is 0 Å². The molecule has 1 rings (SSSR count). The van der Waals surface area contributed by atoms with E-state index < -0.39 is 0 Å². The quantitative estimate of drug-likeness (QED) is 0.855. The third-order valence-corrected chi connectivity index (χ3v) is 3.23. The minimum atomic E-state index is -0.332. The molecule has 0 unspecified atom stereocenters. The number of nitriles is 1. The number of rotatable bonds is 6. The van der Waals surface area contributed by atoms with Crippen LogP contribution in [0.15, 0.2) is 12.1 Å². The van der Waals surface area contributed by atoms with Crippen molar-refractivity contribution in [3.05, 3.63) is 28.8 Å². The third-order valence-electron chi connectivity index (χ3n) is 3.23. The summed E-state index contributed by atoms with van der Waals surface area (Å²) in [5.41, 5.74) is 8.77. The normalized spacial score (nSPS) is 11.2. The van der Waals surface area contributed by atoms with Crippen molar-refractivity contribution in [3.8, 4) is 11.8 Å². The first kappa shape index (κ1) is 15.5. The van der Waals surface area contributed by atoms with Gasteiger partial charge in [0.25, 0.3) is 0 Å². The van der Waals surface area contributed by atoms with Crippen LogP contribution in [0.1, 0.15) is 37.0 Å². The van der Waals surface area contributed by atoms with Gasteiger partial charge < -0.3 is 10.5 Å². The summed E-state index contributed by atoms with van der Waals surface area (Å²) < 4.78 is 5.86. The zero-order valence-corrected chi connectivity index (χ0v) is 12.4. The first-order chi connectivity index (χ1) is 8.89. The van der Waals surface area contributed by atoms with E-state index in [2.05, 4.69) is 32.0 Å². The molecule has 1 aromatic carbocycles. The topological polar surface area (TPSA) is 59.0 Å². The highest BCUT2D eigenvalue weighted by atomic mass is 16.5. The van der Waals surface area contributed by atoms with Crippen molar-refractivity contribution in [1.82, 2.24) is 0 Å². The van der Waals surface area contributed by atoms with Crippen LogP contribution in [0, 0.1) is 30.6 Å². The summed E-state index contributed by atoms with van der Waals surface area (Å²) in [6.45, 7) is 9.20. The predicted molar refractivity (Wildman–Crippen MR) is 78.2 cm³/mol. The van der Waals surface area contributed by atoms with E-state index in [0.717, 1.165) is 29.7 Å². The molecule has 0 radical (unpaired) electrons. The van der Waals surface area contributed by atoms with Crippen LogP contribution in [-0.2, 0) is 6.42 Å². The second kappa shape index (κ2) is 6.58. The van der Waals surface area contributed by atoms with Gasteiger partial charge >= 0.3 is 0 Å². The van der Waals surface area contributed by atoms with Crippen LogP contribution in [-0.4, -0.2) is 13.2 Å². The van der Waals surface area contributed by atoms with Gasteiger partial charge in [0.1, 0.15) is 5.75 Å². The Kier molecular flexibility index (Phi) is 5.38. The van der Waals surface area contributed by atoms with Crippen molar-refractivity contribution in [1.29, 1.82) is 5.26 Å². The predicted octanol–water partition coefficient (Wildman–Crippen LogP) is 3.12. The molecule has 104 valence electrons. The number of hydrogen-bond acceptors (Lipinski definition) is 3. The Morgan fingerprint density at radius 1 is 1.26 bits per heavy atom.